The summed E-state index contributed by atoms with van der Waals surface area (Å²) in [5.41, 5.74) is 1.38. The van der Waals surface area contributed by atoms with E-state index in [1.54, 1.807) is 0 Å². The molecular weight excluding hydrogens is 328 g/mol. The van der Waals surface area contributed by atoms with E-state index in [0.717, 1.165) is 63.6 Å². The first-order valence-corrected chi connectivity index (χ1v) is 10.4. The van der Waals surface area contributed by atoms with Crippen molar-refractivity contribution in [3.05, 3.63) is 17.2 Å². The fourth-order valence-corrected chi connectivity index (χ4v) is 4.06. The fraction of sp³-hybridized carbons (Fsp3) is 0.750. The van der Waals surface area contributed by atoms with Crippen molar-refractivity contribution in [2.75, 3.05) is 6.54 Å². The molecule has 26 heavy (non-hydrogen) atoms. The standard InChI is InChI=1S/C20H32N4O2/c1-2-3-8-13-21-19(25)17-16-12-7-9-14-24(16)18(23-17)20(26)22-15-10-5-4-6-11-15/h15H,2-14H2,1H3,(H,21,25)(H,22,26). The van der Waals surface area contributed by atoms with Gasteiger partial charge in [0.2, 0.25) is 0 Å². The molecule has 0 spiro atoms. The summed E-state index contributed by atoms with van der Waals surface area (Å²) in [6.45, 7) is 3.59. The maximum absolute atomic E-state index is 12.8. The van der Waals surface area contributed by atoms with E-state index in [-0.39, 0.29) is 17.9 Å². The normalized spacial score (nSPS) is 17.6. The Morgan fingerprint density at radius 3 is 2.65 bits per heavy atom. The van der Waals surface area contributed by atoms with Crippen molar-refractivity contribution in [1.82, 2.24) is 20.2 Å². The van der Waals surface area contributed by atoms with Crippen molar-refractivity contribution in [2.24, 2.45) is 0 Å². The molecule has 3 rings (SSSR count). The van der Waals surface area contributed by atoms with Crippen molar-refractivity contribution < 1.29 is 9.59 Å². The third kappa shape index (κ3) is 4.46. The summed E-state index contributed by atoms with van der Waals surface area (Å²) in [6.07, 6.45) is 11.8. The number of hydrogen-bond acceptors (Lipinski definition) is 3. The quantitative estimate of drug-likeness (QED) is 0.733. The third-order valence-corrected chi connectivity index (χ3v) is 5.54. The van der Waals surface area contributed by atoms with E-state index in [2.05, 4.69) is 22.5 Å². The molecule has 0 atom stereocenters. The van der Waals surface area contributed by atoms with Crippen molar-refractivity contribution >= 4 is 11.8 Å². The highest BCUT2D eigenvalue weighted by molar-refractivity contribution is 5.97. The topological polar surface area (TPSA) is 76.0 Å². The Morgan fingerprint density at radius 1 is 1.08 bits per heavy atom. The van der Waals surface area contributed by atoms with E-state index in [4.69, 9.17) is 0 Å². The number of fused-ring (bicyclic) bond motifs is 1. The zero-order chi connectivity index (χ0) is 18.4. The van der Waals surface area contributed by atoms with Crippen LogP contribution in [-0.2, 0) is 13.0 Å². The Balaban J connectivity index is 1.72. The first-order valence-electron chi connectivity index (χ1n) is 10.4. The monoisotopic (exact) mass is 360 g/mol. The second-order valence-electron chi connectivity index (χ2n) is 7.61. The third-order valence-electron chi connectivity index (χ3n) is 5.54. The Hall–Kier alpha value is -1.85. The molecule has 2 amide bonds. The van der Waals surface area contributed by atoms with Crippen LogP contribution in [0, 0.1) is 0 Å². The first kappa shape index (κ1) is 18.9. The molecule has 1 aromatic heterocycles. The minimum atomic E-state index is -0.136. The van der Waals surface area contributed by atoms with Gasteiger partial charge < -0.3 is 15.2 Å². The van der Waals surface area contributed by atoms with E-state index in [9.17, 15) is 9.59 Å². The van der Waals surface area contributed by atoms with Crippen LogP contribution in [0.15, 0.2) is 0 Å². The summed E-state index contributed by atoms with van der Waals surface area (Å²) in [5.74, 6) is 0.164. The van der Waals surface area contributed by atoms with Gasteiger partial charge in [-0.25, -0.2) is 4.98 Å². The van der Waals surface area contributed by atoms with Crippen LogP contribution in [0.1, 0.15) is 97.9 Å². The predicted molar refractivity (Wildman–Crippen MR) is 101 cm³/mol. The molecule has 6 nitrogen and oxygen atoms in total. The van der Waals surface area contributed by atoms with Crippen LogP contribution < -0.4 is 10.6 Å². The van der Waals surface area contributed by atoms with Crippen LogP contribution in [0.4, 0.5) is 0 Å². The highest BCUT2D eigenvalue weighted by Crippen LogP contribution is 2.22. The minimum Gasteiger partial charge on any atom is -0.351 e. The summed E-state index contributed by atoms with van der Waals surface area (Å²) in [4.78, 5) is 29.9. The van der Waals surface area contributed by atoms with Crippen molar-refractivity contribution in [3.63, 3.8) is 0 Å². The maximum Gasteiger partial charge on any atom is 0.287 e. The van der Waals surface area contributed by atoms with E-state index in [0.29, 0.717) is 18.1 Å². The molecular formula is C20H32N4O2. The van der Waals surface area contributed by atoms with Crippen LogP contribution in [-0.4, -0.2) is 34.0 Å². The van der Waals surface area contributed by atoms with Crippen LogP contribution >= 0.6 is 0 Å². The smallest absolute Gasteiger partial charge is 0.287 e. The van der Waals surface area contributed by atoms with Gasteiger partial charge in [0, 0.05) is 19.1 Å². The molecule has 0 radical (unpaired) electrons. The number of amides is 2. The Bertz CT molecular complexity index is 632. The number of hydrogen-bond donors (Lipinski definition) is 2. The van der Waals surface area contributed by atoms with Gasteiger partial charge in [-0.1, -0.05) is 39.0 Å². The highest BCUT2D eigenvalue weighted by atomic mass is 16.2. The van der Waals surface area contributed by atoms with E-state index in [1.165, 1.54) is 19.3 Å². The molecule has 1 fully saturated rings. The Labute approximate surface area is 156 Å². The van der Waals surface area contributed by atoms with E-state index < -0.39 is 0 Å². The van der Waals surface area contributed by atoms with Crippen LogP contribution in [0.2, 0.25) is 0 Å². The average molecular weight is 361 g/mol. The molecule has 144 valence electrons. The number of unbranched alkanes of at least 4 members (excludes halogenated alkanes) is 2. The zero-order valence-corrected chi connectivity index (χ0v) is 16.0. The van der Waals surface area contributed by atoms with Crippen LogP contribution in [0.5, 0.6) is 0 Å². The molecule has 0 aromatic carbocycles. The Kier molecular flexibility index (Phi) is 6.69. The molecule has 1 aliphatic carbocycles. The molecule has 0 bridgehead atoms. The van der Waals surface area contributed by atoms with Crippen LogP contribution in [0.25, 0.3) is 0 Å². The second kappa shape index (κ2) is 9.19. The van der Waals surface area contributed by atoms with Crippen molar-refractivity contribution in [3.8, 4) is 0 Å². The Morgan fingerprint density at radius 2 is 1.88 bits per heavy atom. The largest absolute Gasteiger partial charge is 0.351 e. The lowest BCUT2D eigenvalue weighted by molar-refractivity contribution is 0.0911. The van der Waals surface area contributed by atoms with E-state index >= 15 is 0 Å². The molecule has 0 unspecified atom stereocenters. The maximum atomic E-state index is 12.8. The fourth-order valence-electron chi connectivity index (χ4n) is 4.06. The van der Waals surface area contributed by atoms with Gasteiger partial charge in [0.25, 0.3) is 11.8 Å². The predicted octanol–water partition coefficient (Wildman–Crippen LogP) is 3.20. The molecule has 2 aliphatic rings. The lowest BCUT2D eigenvalue weighted by Crippen LogP contribution is -2.37. The van der Waals surface area contributed by atoms with Gasteiger partial charge in [-0.2, -0.15) is 0 Å². The molecule has 1 aromatic rings. The molecule has 0 saturated heterocycles. The average Bonchev–Trinajstić information content (AvgIpc) is 3.06. The minimum absolute atomic E-state index is 0.120. The van der Waals surface area contributed by atoms with Crippen molar-refractivity contribution in [2.45, 2.75) is 90.1 Å². The number of imidazole rings is 1. The van der Waals surface area contributed by atoms with Crippen LogP contribution in [0.3, 0.4) is 0 Å². The number of carbonyl (C=O) groups is 2. The number of aromatic nitrogens is 2. The van der Waals surface area contributed by atoms with Gasteiger partial charge in [0.1, 0.15) is 5.69 Å². The summed E-state index contributed by atoms with van der Waals surface area (Å²) in [5, 5.41) is 6.11. The highest BCUT2D eigenvalue weighted by Gasteiger charge is 2.28. The summed E-state index contributed by atoms with van der Waals surface area (Å²) < 4.78 is 1.97. The molecule has 1 saturated carbocycles. The number of rotatable bonds is 7. The zero-order valence-electron chi connectivity index (χ0n) is 16.0. The van der Waals surface area contributed by atoms with Gasteiger partial charge >= 0.3 is 0 Å². The lowest BCUT2D eigenvalue weighted by Gasteiger charge is -2.23. The lowest BCUT2D eigenvalue weighted by atomic mass is 9.95. The van der Waals surface area contributed by atoms with Crippen molar-refractivity contribution in [1.29, 1.82) is 0 Å². The molecule has 1 aliphatic heterocycles. The second-order valence-corrected chi connectivity index (χ2v) is 7.61. The SMILES string of the molecule is CCCCCNC(=O)c1nc(C(=O)NC2CCCCC2)n2c1CCCC2. The molecule has 2 heterocycles. The van der Waals surface area contributed by atoms with Gasteiger partial charge in [-0.05, 0) is 38.5 Å². The van der Waals surface area contributed by atoms with E-state index in [1.807, 2.05) is 4.57 Å². The summed E-state index contributed by atoms with van der Waals surface area (Å²) in [6, 6.07) is 0.249. The molecule has 2 N–H and O–H groups in total. The van der Waals surface area contributed by atoms with Gasteiger partial charge in [0.05, 0.1) is 5.69 Å². The number of carbonyl (C=O) groups excluding carboxylic acids is 2. The van der Waals surface area contributed by atoms with Gasteiger partial charge in [-0.3, -0.25) is 9.59 Å². The van der Waals surface area contributed by atoms with Gasteiger partial charge in [0.15, 0.2) is 5.82 Å². The summed E-state index contributed by atoms with van der Waals surface area (Å²) >= 11 is 0. The van der Waals surface area contributed by atoms with Gasteiger partial charge in [-0.15, -0.1) is 0 Å². The number of nitrogens with zero attached hydrogens (tertiary/aromatic N) is 2. The number of nitrogens with one attached hydrogen (secondary N) is 2. The summed E-state index contributed by atoms with van der Waals surface area (Å²) in [7, 11) is 0. The molecule has 6 heteroatoms. The first-order chi connectivity index (χ1) is 12.7.